The second-order valence-electron chi connectivity index (χ2n) is 7.02. The van der Waals surface area contributed by atoms with Crippen LogP contribution in [0.5, 0.6) is 0 Å². The number of alkyl halides is 3. The highest BCUT2D eigenvalue weighted by Crippen LogP contribution is 2.34. The number of hydrogen-bond donors (Lipinski definition) is 2. The van der Waals surface area contributed by atoms with Crippen molar-refractivity contribution in [3.8, 4) is 6.07 Å². The van der Waals surface area contributed by atoms with Crippen molar-refractivity contribution < 1.29 is 27.6 Å². The second-order valence-corrected chi connectivity index (χ2v) is 7.91. The van der Waals surface area contributed by atoms with E-state index in [2.05, 4.69) is 15.8 Å². The largest absolute Gasteiger partial charge is 0.417 e. The minimum Gasteiger partial charge on any atom is -0.339 e. The van der Waals surface area contributed by atoms with Gasteiger partial charge in [-0.3, -0.25) is 25.2 Å². The number of nitriles is 1. The smallest absolute Gasteiger partial charge is 0.339 e. The van der Waals surface area contributed by atoms with E-state index in [4.69, 9.17) is 5.26 Å². The minimum absolute atomic E-state index is 0.0448. The third-order valence-corrected chi connectivity index (χ3v) is 5.91. The molecule has 0 spiro atoms. The maximum absolute atomic E-state index is 13.2. The van der Waals surface area contributed by atoms with Crippen LogP contribution in [0.2, 0.25) is 0 Å². The van der Waals surface area contributed by atoms with Crippen LogP contribution in [0.15, 0.2) is 29.6 Å². The van der Waals surface area contributed by atoms with E-state index in [-0.39, 0.29) is 30.3 Å². The average molecular weight is 465 g/mol. The number of nitrogens with zero attached hydrogens (tertiary/aromatic N) is 3. The Balaban J connectivity index is 1.59. The molecule has 0 radical (unpaired) electrons. The fraction of sp³-hybridized carbons (Fsp3) is 0.350. The van der Waals surface area contributed by atoms with Crippen LogP contribution in [0, 0.1) is 11.3 Å². The minimum atomic E-state index is -4.61. The second kappa shape index (κ2) is 9.78. The molecule has 0 atom stereocenters. The van der Waals surface area contributed by atoms with Crippen LogP contribution >= 0.6 is 11.3 Å². The summed E-state index contributed by atoms with van der Waals surface area (Å²) in [6.45, 7) is 0.530. The van der Waals surface area contributed by atoms with Gasteiger partial charge >= 0.3 is 6.18 Å². The fourth-order valence-electron chi connectivity index (χ4n) is 3.30. The first kappa shape index (κ1) is 23.2. The maximum atomic E-state index is 13.2. The Bertz CT molecular complexity index is 1060. The van der Waals surface area contributed by atoms with Gasteiger partial charge in [0.1, 0.15) is 12.1 Å². The SMILES string of the molecule is N#CCC(=O)NNC(=O)c1csc(C2CCN(C(=O)c3ccccc3C(F)(F)F)CC2)n1. The lowest BCUT2D eigenvalue weighted by atomic mass is 9.96. The number of hydrogen-bond acceptors (Lipinski definition) is 6. The summed E-state index contributed by atoms with van der Waals surface area (Å²) in [5.74, 6) is -1.99. The molecule has 12 heteroatoms. The first-order valence-electron chi connectivity index (χ1n) is 9.57. The highest BCUT2D eigenvalue weighted by molar-refractivity contribution is 7.09. The van der Waals surface area contributed by atoms with Crippen molar-refractivity contribution in [3.63, 3.8) is 0 Å². The van der Waals surface area contributed by atoms with Gasteiger partial charge in [-0.1, -0.05) is 12.1 Å². The van der Waals surface area contributed by atoms with E-state index in [9.17, 15) is 27.6 Å². The van der Waals surface area contributed by atoms with Crippen LogP contribution in [0.3, 0.4) is 0 Å². The van der Waals surface area contributed by atoms with E-state index in [1.54, 1.807) is 6.07 Å². The van der Waals surface area contributed by atoms with Gasteiger partial charge in [0.05, 0.1) is 22.2 Å². The van der Waals surface area contributed by atoms with E-state index >= 15 is 0 Å². The first-order chi connectivity index (χ1) is 15.2. The van der Waals surface area contributed by atoms with Crippen LogP contribution in [0.1, 0.15) is 56.6 Å². The Labute approximate surface area is 185 Å². The molecule has 1 aromatic carbocycles. The number of thiazole rings is 1. The average Bonchev–Trinajstić information content (AvgIpc) is 3.27. The molecule has 0 aliphatic carbocycles. The number of nitrogens with one attached hydrogen (secondary N) is 2. The molecule has 3 amide bonds. The van der Waals surface area contributed by atoms with Crippen LogP contribution in [-0.4, -0.2) is 40.7 Å². The Morgan fingerprint density at radius 2 is 1.88 bits per heavy atom. The topological polar surface area (TPSA) is 115 Å². The number of piperidine rings is 1. The molecular formula is C20H18F3N5O3S. The maximum Gasteiger partial charge on any atom is 0.417 e. The zero-order valence-corrected chi connectivity index (χ0v) is 17.4. The number of hydrazine groups is 1. The highest BCUT2D eigenvalue weighted by atomic mass is 32.1. The molecule has 32 heavy (non-hydrogen) atoms. The van der Waals surface area contributed by atoms with Crippen LogP contribution in [0.4, 0.5) is 13.2 Å². The zero-order chi connectivity index (χ0) is 23.3. The van der Waals surface area contributed by atoms with Crippen molar-refractivity contribution in [3.05, 3.63) is 51.5 Å². The molecule has 1 saturated heterocycles. The molecule has 2 aromatic rings. The van der Waals surface area contributed by atoms with Crippen molar-refractivity contribution in [2.45, 2.75) is 31.4 Å². The Morgan fingerprint density at radius 1 is 1.19 bits per heavy atom. The molecule has 1 aliphatic heterocycles. The van der Waals surface area contributed by atoms with Crippen molar-refractivity contribution in [2.75, 3.05) is 13.1 Å². The lowest BCUT2D eigenvalue weighted by molar-refractivity contribution is -0.138. The molecule has 8 nitrogen and oxygen atoms in total. The number of carbonyl (C=O) groups is 3. The van der Waals surface area contributed by atoms with Gasteiger partial charge in [-0.2, -0.15) is 18.4 Å². The molecule has 168 valence electrons. The van der Waals surface area contributed by atoms with E-state index in [1.807, 2.05) is 0 Å². The van der Waals surface area contributed by atoms with Gasteiger partial charge in [-0.05, 0) is 25.0 Å². The predicted molar refractivity (Wildman–Crippen MR) is 107 cm³/mol. The van der Waals surface area contributed by atoms with Crippen molar-refractivity contribution >= 4 is 29.1 Å². The Morgan fingerprint density at radius 3 is 2.53 bits per heavy atom. The molecule has 0 bridgehead atoms. The molecule has 3 rings (SSSR count). The molecule has 1 fully saturated rings. The standard InChI is InChI=1S/C20H18F3N5O3S/c21-20(22,23)14-4-2-1-3-13(14)19(31)28-9-6-12(7-10-28)18-25-15(11-32-18)17(30)27-26-16(29)5-8-24/h1-4,11-12H,5-7,9-10H2,(H,26,29)(H,27,30). The summed E-state index contributed by atoms with van der Waals surface area (Å²) in [6.07, 6.45) is -4.02. The third kappa shape index (κ3) is 5.42. The lowest BCUT2D eigenvalue weighted by Gasteiger charge is -2.31. The van der Waals surface area contributed by atoms with Crippen LogP contribution < -0.4 is 10.9 Å². The molecular weight excluding hydrogens is 447 g/mol. The summed E-state index contributed by atoms with van der Waals surface area (Å²) >= 11 is 1.25. The van der Waals surface area contributed by atoms with Crippen LogP contribution in [-0.2, 0) is 11.0 Å². The van der Waals surface area contributed by atoms with Gasteiger partial charge in [-0.25, -0.2) is 4.98 Å². The number of aromatic nitrogens is 1. The van der Waals surface area contributed by atoms with E-state index < -0.39 is 35.9 Å². The number of amides is 3. The summed E-state index contributed by atoms with van der Waals surface area (Å²) in [7, 11) is 0. The number of rotatable bonds is 4. The summed E-state index contributed by atoms with van der Waals surface area (Å²) in [6, 6.07) is 6.37. The molecule has 2 N–H and O–H groups in total. The van der Waals surface area contributed by atoms with Gasteiger partial charge < -0.3 is 4.90 Å². The van der Waals surface area contributed by atoms with E-state index in [0.717, 1.165) is 6.07 Å². The molecule has 1 aromatic heterocycles. The first-order valence-corrected chi connectivity index (χ1v) is 10.5. The van der Waals surface area contributed by atoms with Gasteiger partial charge in [0.25, 0.3) is 17.7 Å². The van der Waals surface area contributed by atoms with Crippen LogP contribution in [0.25, 0.3) is 0 Å². The predicted octanol–water partition coefficient (Wildman–Crippen LogP) is 2.86. The molecule has 0 saturated carbocycles. The van der Waals surface area contributed by atoms with Gasteiger partial charge in [0, 0.05) is 24.4 Å². The van der Waals surface area contributed by atoms with Gasteiger partial charge in [0.2, 0.25) is 0 Å². The number of benzene rings is 1. The third-order valence-electron chi connectivity index (χ3n) is 4.90. The quantitative estimate of drug-likeness (QED) is 0.674. The van der Waals surface area contributed by atoms with Crippen molar-refractivity contribution in [1.82, 2.24) is 20.7 Å². The Hall–Kier alpha value is -3.46. The Kier molecular flexibility index (Phi) is 7.09. The van der Waals surface area contributed by atoms with E-state index in [0.29, 0.717) is 17.8 Å². The van der Waals surface area contributed by atoms with E-state index in [1.165, 1.54) is 39.8 Å². The summed E-state index contributed by atoms with van der Waals surface area (Å²) in [5, 5.41) is 10.6. The summed E-state index contributed by atoms with van der Waals surface area (Å²) in [4.78, 5) is 41.6. The molecule has 0 unspecified atom stereocenters. The normalized spacial score (nSPS) is 14.5. The number of carbonyl (C=O) groups excluding carboxylic acids is 3. The van der Waals surface area contributed by atoms with Gasteiger partial charge in [0.15, 0.2) is 0 Å². The number of likely N-dealkylation sites (tertiary alicyclic amines) is 1. The number of halogens is 3. The zero-order valence-electron chi connectivity index (χ0n) is 16.6. The summed E-state index contributed by atoms with van der Waals surface area (Å²) in [5.41, 5.74) is 3.04. The summed E-state index contributed by atoms with van der Waals surface area (Å²) < 4.78 is 39.7. The monoisotopic (exact) mass is 465 g/mol. The molecule has 2 heterocycles. The highest BCUT2D eigenvalue weighted by Gasteiger charge is 2.36. The van der Waals surface area contributed by atoms with Crippen molar-refractivity contribution in [2.24, 2.45) is 0 Å². The van der Waals surface area contributed by atoms with Crippen molar-refractivity contribution in [1.29, 1.82) is 5.26 Å². The lowest BCUT2D eigenvalue weighted by Crippen LogP contribution is -2.41. The fourth-order valence-corrected chi connectivity index (χ4v) is 4.27. The van der Waals surface area contributed by atoms with Gasteiger partial charge in [-0.15, -0.1) is 11.3 Å². The molecule has 1 aliphatic rings.